The Morgan fingerprint density at radius 1 is 0.449 bits per heavy atom. The number of hydrogen-bond acceptors (Lipinski definition) is 2. The van der Waals surface area contributed by atoms with Gasteiger partial charge >= 0.3 is 0 Å². The Kier molecular flexibility index (Phi) is 6.61. The van der Waals surface area contributed by atoms with Crippen LogP contribution in [0.1, 0.15) is 16.7 Å². The Bertz CT molecular complexity index is 2780. The van der Waals surface area contributed by atoms with Crippen LogP contribution < -0.4 is 0 Å². The van der Waals surface area contributed by atoms with E-state index in [0.717, 1.165) is 56.3 Å². The van der Waals surface area contributed by atoms with Gasteiger partial charge < -0.3 is 9.13 Å². The van der Waals surface area contributed by atoms with Crippen LogP contribution in [0.2, 0.25) is 0 Å². The molecule has 0 aliphatic heterocycles. The van der Waals surface area contributed by atoms with Gasteiger partial charge in [0, 0.05) is 44.7 Å². The van der Waals surface area contributed by atoms with Crippen LogP contribution in [0.15, 0.2) is 158 Å². The van der Waals surface area contributed by atoms with Crippen LogP contribution in [0, 0.1) is 22.7 Å². The second kappa shape index (κ2) is 11.4. The number of para-hydroxylation sites is 5. The third-order valence-electron chi connectivity index (χ3n) is 9.67. The van der Waals surface area contributed by atoms with E-state index in [0.29, 0.717) is 11.1 Å². The Morgan fingerprint density at radius 2 is 0.980 bits per heavy atom. The fourth-order valence-electron chi connectivity index (χ4n) is 7.60. The molecule has 0 saturated carbocycles. The van der Waals surface area contributed by atoms with Gasteiger partial charge in [0.05, 0.1) is 27.8 Å². The first kappa shape index (κ1) is 28.4. The lowest BCUT2D eigenvalue weighted by molar-refractivity contribution is 0.869. The predicted molar refractivity (Wildman–Crippen MR) is 200 cm³/mol. The summed E-state index contributed by atoms with van der Waals surface area (Å²) in [4.78, 5) is 0. The van der Waals surface area contributed by atoms with E-state index in [1.54, 1.807) is 0 Å². The minimum Gasteiger partial charge on any atom is -0.336 e. The zero-order chi connectivity index (χ0) is 32.9. The van der Waals surface area contributed by atoms with Gasteiger partial charge in [-0.05, 0) is 58.7 Å². The third kappa shape index (κ3) is 4.43. The van der Waals surface area contributed by atoms with Crippen molar-refractivity contribution in [2.75, 3.05) is 0 Å². The molecule has 9 aromatic rings. The summed E-state index contributed by atoms with van der Waals surface area (Å²) < 4.78 is 4.52. The summed E-state index contributed by atoms with van der Waals surface area (Å²) in [6.45, 7) is 0.734. The number of rotatable bonds is 5. The molecule has 0 atom stereocenters. The summed E-state index contributed by atoms with van der Waals surface area (Å²) in [7, 11) is 0. The summed E-state index contributed by atoms with van der Waals surface area (Å²) in [5.74, 6) is 0. The molecule has 0 amide bonds. The molecule has 4 heteroatoms. The van der Waals surface area contributed by atoms with Gasteiger partial charge in [-0.1, -0.05) is 121 Å². The number of benzene rings is 7. The predicted octanol–water partition coefficient (Wildman–Crippen LogP) is 11.0. The number of hydrogen-bond donors (Lipinski definition) is 0. The van der Waals surface area contributed by atoms with Crippen LogP contribution in [0.3, 0.4) is 0 Å². The van der Waals surface area contributed by atoms with Gasteiger partial charge in [0.2, 0.25) is 0 Å². The van der Waals surface area contributed by atoms with E-state index in [4.69, 9.17) is 0 Å². The first-order chi connectivity index (χ1) is 24.2. The first-order valence-electron chi connectivity index (χ1n) is 16.4. The van der Waals surface area contributed by atoms with E-state index in [9.17, 15) is 10.5 Å². The van der Waals surface area contributed by atoms with Crippen molar-refractivity contribution in [3.05, 3.63) is 174 Å². The smallest absolute Gasteiger partial charge is 0.101 e. The molecule has 4 nitrogen and oxygen atoms in total. The van der Waals surface area contributed by atoms with Crippen LogP contribution in [0.25, 0.3) is 71.6 Å². The van der Waals surface area contributed by atoms with Gasteiger partial charge in [0.25, 0.3) is 0 Å². The van der Waals surface area contributed by atoms with Gasteiger partial charge in [-0.3, -0.25) is 0 Å². The maximum absolute atomic E-state index is 10.5. The van der Waals surface area contributed by atoms with Crippen molar-refractivity contribution in [3.8, 4) is 40.1 Å². The van der Waals surface area contributed by atoms with Crippen LogP contribution in [0.4, 0.5) is 0 Å². The maximum Gasteiger partial charge on any atom is 0.101 e. The second-order valence-corrected chi connectivity index (χ2v) is 12.3. The van der Waals surface area contributed by atoms with E-state index in [-0.39, 0.29) is 0 Å². The lowest BCUT2D eigenvalue weighted by Gasteiger charge is -2.19. The molecule has 0 aliphatic rings. The molecular weight excluding hydrogens is 597 g/mol. The zero-order valence-electron chi connectivity index (χ0n) is 26.5. The van der Waals surface area contributed by atoms with Crippen molar-refractivity contribution in [1.82, 2.24) is 9.13 Å². The molecule has 0 aliphatic carbocycles. The van der Waals surface area contributed by atoms with Crippen molar-refractivity contribution in [3.63, 3.8) is 0 Å². The third-order valence-corrected chi connectivity index (χ3v) is 9.67. The SMILES string of the molecule is N#Cc1cccc(-c2ccccc2-c2cccc(Cn3c4ccccc4c4ccccc43)c2)c1-n1c2ccccc2c2cccc(C#N)c21. The molecule has 0 fully saturated rings. The van der Waals surface area contributed by atoms with Crippen LogP contribution in [-0.2, 0) is 6.54 Å². The van der Waals surface area contributed by atoms with Crippen LogP contribution >= 0.6 is 0 Å². The minimum atomic E-state index is 0.544. The topological polar surface area (TPSA) is 57.4 Å². The van der Waals surface area contributed by atoms with Crippen molar-refractivity contribution < 1.29 is 0 Å². The minimum absolute atomic E-state index is 0.544. The molecule has 0 N–H and O–H groups in total. The summed E-state index contributed by atoms with van der Waals surface area (Å²) >= 11 is 0. The molecule has 2 heterocycles. The van der Waals surface area contributed by atoms with Crippen molar-refractivity contribution in [2.24, 2.45) is 0 Å². The molecule has 228 valence electrons. The highest BCUT2D eigenvalue weighted by Crippen LogP contribution is 2.42. The lowest BCUT2D eigenvalue weighted by Crippen LogP contribution is -2.03. The van der Waals surface area contributed by atoms with Gasteiger partial charge in [-0.15, -0.1) is 0 Å². The molecule has 0 unspecified atom stereocenters. The van der Waals surface area contributed by atoms with E-state index < -0.39 is 0 Å². The highest BCUT2D eigenvalue weighted by molar-refractivity contribution is 6.12. The number of nitriles is 2. The summed E-state index contributed by atoms with van der Waals surface area (Å²) in [6, 6.07) is 59.2. The van der Waals surface area contributed by atoms with Crippen molar-refractivity contribution >= 4 is 43.6 Å². The van der Waals surface area contributed by atoms with E-state index in [1.807, 2.05) is 36.4 Å². The molecule has 0 saturated heterocycles. The van der Waals surface area contributed by atoms with Crippen molar-refractivity contribution in [1.29, 1.82) is 10.5 Å². The normalized spacial score (nSPS) is 11.3. The van der Waals surface area contributed by atoms with E-state index in [1.165, 1.54) is 27.4 Å². The fraction of sp³-hybridized carbons (Fsp3) is 0.0222. The number of fused-ring (bicyclic) bond motifs is 6. The Labute approximate surface area is 283 Å². The van der Waals surface area contributed by atoms with Gasteiger partial charge in [0.1, 0.15) is 12.1 Å². The molecular formula is C45H28N4. The van der Waals surface area contributed by atoms with E-state index in [2.05, 4.69) is 143 Å². The molecule has 0 spiro atoms. The Morgan fingerprint density at radius 3 is 1.69 bits per heavy atom. The highest BCUT2D eigenvalue weighted by Gasteiger charge is 2.22. The number of nitrogens with zero attached hydrogens (tertiary/aromatic N) is 4. The first-order valence-corrected chi connectivity index (χ1v) is 16.4. The molecule has 7 aromatic carbocycles. The fourth-order valence-corrected chi connectivity index (χ4v) is 7.60. The largest absolute Gasteiger partial charge is 0.336 e. The zero-order valence-corrected chi connectivity index (χ0v) is 26.5. The van der Waals surface area contributed by atoms with Crippen LogP contribution in [0.5, 0.6) is 0 Å². The maximum atomic E-state index is 10.5. The van der Waals surface area contributed by atoms with Crippen molar-refractivity contribution in [2.45, 2.75) is 6.54 Å². The molecule has 0 radical (unpaired) electrons. The molecule has 49 heavy (non-hydrogen) atoms. The Balaban J connectivity index is 1.24. The average molecular weight is 625 g/mol. The second-order valence-electron chi connectivity index (χ2n) is 12.3. The van der Waals surface area contributed by atoms with Gasteiger partial charge in [-0.2, -0.15) is 10.5 Å². The summed E-state index contributed by atoms with van der Waals surface area (Å²) in [5.41, 5.74) is 11.4. The highest BCUT2D eigenvalue weighted by atomic mass is 15.0. The lowest BCUT2D eigenvalue weighted by atomic mass is 9.91. The monoisotopic (exact) mass is 624 g/mol. The van der Waals surface area contributed by atoms with E-state index >= 15 is 0 Å². The summed E-state index contributed by atoms with van der Waals surface area (Å²) in [5, 5.41) is 25.3. The molecule has 2 aromatic heterocycles. The number of aromatic nitrogens is 2. The van der Waals surface area contributed by atoms with Gasteiger partial charge in [-0.25, -0.2) is 0 Å². The van der Waals surface area contributed by atoms with Crippen LogP contribution in [-0.4, -0.2) is 9.13 Å². The average Bonchev–Trinajstić information content (AvgIpc) is 3.67. The molecule has 9 rings (SSSR count). The standard InChI is InChI=1S/C45H28N4/c46-27-32-14-10-21-39(44(32)49-43-25-8-5-20-38(43)40-22-11-15-33(28-47)45(40)49)35-17-2-1-16-34(35)31-13-9-12-30(26-31)29-48-41-23-6-3-18-36(41)37-19-4-7-24-42(37)48/h1-26H,29H2. The molecule has 0 bridgehead atoms. The quantitative estimate of drug-likeness (QED) is 0.191. The Hall–Kier alpha value is -6.88. The summed E-state index contributed by atoms with van der Waals surface area (Å²) in [6.07, 6.45) is 0. The van der Waals surface area contributed by atoms with Gasteiger partial charge in [0.15, 0.2) is 0 Å².